The highest BCUT2D eigenvalue weighted by atomic mass is 19.1. The Bertz CT molecular complexity index is 952. The monoisotopic (exact) mass is 365 g/mol. The molecule has 0 unspecified atom stereocenters. The zero-order valence-electron chi connectivity index (χ0n) is 15.1. The predicted molar refractivity (Wildman–Crippen MR) is 98.9 cm³/mol. The van der Waals surface area contributed by atoms with Crippen LogP contribution in [-0.4, -0.2) is 27.1 Å². The van der Waals surface area contributed by atoms with Gasteiger partial charge in [-0.1, -0.05) is 35.9 Å². The second-order valence-electron chi connectivity index (χ2n) is 6.62. The number of carbonyl (C=O) groups is 1. The number of hydrogen-bond acceptors (Lipinski definition) is 3. The van der Waals surface area contributed by atoms with E-state index in [9.17, 15) is 9.18 Å². The van der Waals surface area contributed by atoms with Crippen LogP contribution in [0.3, 0.4) is 0 Å². The van der Waals surface area contributed by atoms with Gasteiger partial charge < -0.3 is 9.64 Å². The van der Waals surface area contributed by atoms with Crippen LogP contribution in [0.2, 0.25) is 0 Å². The smallest absolute Gasteiger partial charge is 0.254 e. The molecular weight excluding hydrogens is 345 g/mol. The van der Waals surface area contributed by atoms with Crippen molar-refractivity contribution in [3.05, 3.63) is 82.9 Å². The number of hydrogen-bond donors (Lipinski definition) is 0. The van der Waals surface area contributed by atoms with Crippen LogP contribution in [0.1, 0.15) is 27.3 Å². The van der Waals surface area contributed by atoms with Crippen LogP contribution in [0.15, 0.2) is 54.6 Å². The fourth-order valence-corrected chi connectivity index (χ4v) is 3.15. The molecule has 0 aliphatic carbocycles. The van der Waals surface area contributed by atoms with Crippen LogP contribution in [0.25, 0.3) is 0 Å². The maximum atomic E-state index is 14.8. The largest absolute Gasteiger partial charge is 0.487 e. The van der Waals surface area contributed by atoms with Crippen molar-refractivity contribution >= 4 is 5.91 Å². The number of aryl methyl sites for hydroxylation is 1. The van der Waals surface area contributed by atoms with E-state index in [0.29, 0.717) is 30.1 Å². The molecule has 1 aliphatic heterocycles. The molecule has 1 aliphatic rings. The number of benzene rings is 2. The first-order valence-electron chi connectivity index (χ1n) is 8.89. The molecule has 138 valence electrons. The Morgan fingerprint density at radius 3 is 2.59 bits per heavy atom. The van der Waals surface area contributed by atoms with Gasteiger partial charge in [-0.15, -0.1) is 0 Å². The summed E-state index contributed by atoms with van der Waals surface area (Å²) in [7, 11) is 0. The van der Waals surface area contributed by atoms with E-state index in [0.717, 1.165) is 5.56 Å². The summed E-state index contributed by atoms with van der Waals surface area (Å²) in [5.41, 5.74) is 2.39. The van der Waals surface area contributed by atoms with Gasteiger partial charge in [-0.25, -0.2) is 4.39 Å². The molecule has 0 spiro atoms. The van der Waals surface area contributed by atoms with Gasteiger partial charge in [0.25, 0.3) is 5.91 Å². The molecule has 6 heteroatoms. The Morgan fingerprint density at radius 2 is 1.85 bits per heavy atom. The molecule has 3 aromatic rings. The first kappa shape index (κ1) is 17.3. The van der Waals surface area contributed by atoms with Gasteiger partial charge in [-0.2, -0.15) is 5.10 Å². The molecule has 4 rings (SSSR count). The van der Waals surface area contributed by atoms with Crippen LogP contribution in [0.4, 0.5) is 4.39 Å². The van der Waals surface area contributed by atoms with Crippen LogP contribution in [0, 0.1) is 12.7 Å². The van der Waals surface area contributed by atoms with E-state index in [1.807, 2.05) is 49.4 Å². The van der Waals surface area contributed by atoms with Gasteiger partial charge >= 0.3 is 0 Å². The molecule has 2 aromatic carbocycles. The van der Waals surface area contributed by atoms with Gasteiger partial charge in [-0.05, 0) is 31.2 Å². The van der Waals surface area contributed by atoms with Crippen LogP contribution >= 0.6 is 0 Å². The van der Waals surface area contributed by atoms with E-state index in [1.54, 1.807) is 21.7 Å². The summed E-state index contributed by atoms with van der Waals surface area (Å²) < 4.78 is 22.1. The normalized spacial score (nSPS) is 13.3. The maximum absolute atomic E-state index is 14.8. The van der Waals surface area contributed by atoms with Gasteiger partial charge in [-0.3, -0.25) is 9.48 Å². The number of ether oxygens (including phenoxy) is 1. The van der Waals surface area contributed by atoms with Gasteiger partial charge in [0, 0.05) is 12.1 Å². The highest BCUT2D eigenvalue weighted by molar-refractivity contribution is 5.94. The minimum atomic E-state index is -0.396. The summed E-state index contributed by atoms with van der Waals surface area (Å²) >= 11 is 0. The lowest BCUT2D eigenvalue weighted by Crippen LogP contribution is -2.38. The van der Waals surface area contributed by atoms with Crippen molar-refractivity contribution in [3.8, 4) is 5.75 Å². The molecule has 2 heterocycles. The van der Waals surface area contributed by atoms with E-state index in [1.165, 1.54) is 0 Å². The van der Waals surface area contributed by atoms with Crippen LogP contribution in [0.5, 0.6) is 5.75 Å². The number of rotatable bonds is 4. The average Bonchev–Trinajstić information content (AvgIpc) is 3.02. The Balaban J connectivity index is 1.48. The predicted octanol–water partition coefficient (Wildman–Crippen LogP) is 3.57. The number of halogens is 1. The molecule has 5 nitrogen and oxygen atoms in total. The summed E-state index contributed by atoms with van der Waals surface area (Å²) in [6, 6.07) is 16.7. The third-order valence-corrected chi connectivity index (χ3v) is 4.69. The van der Waals surface area contributed by atoms with Crippen LogP contribution < -0.4 is 4.74 Å². The van der Waals surface area contributed by atoms with Crippen molar-refractivity contribution in [2.24, 2.45) is 0 Å². The van der Waals surface area contributed by atoms with E-state index in [-0.39, 0.29) is 24.8 Å². The Labute approximate surface area is 157 Å². The highest BCUT2D eigenvalue weighted by Crippen LogP contribution is 2.22. The maximum Gasteiger partial charge on any atom is 0.254 e. The summed E-state index contributed by atoms with van der Waals surface area (Å²) in [6.07, 6.45) is 0. The van der Waals surface area contributed by atoms with Gasteiger partial charge in [0.1, 0.15) is 18.1 Å². The SMILES string of the molecule is Cc1ccc(C(=O)N2CCn3nc(COc4ccccc4)c(F)c3C2)cc1. The minimum absolute atomic E-state index is 0.0573. The highest BCUT2D eigenvalue weighted by Gasteiger charge is 2.27. The zero-order valence-corrected chi connectivity index (χ0v) is 15.1. The van der Waals surface area contributed by atoms with E-state index < -0.39 is 5.82 Å². The fraction of sp³-hybridized carbons (Fsp3) is 0.238. The Morgan fingerprint density at radius 1 is 1.11 bits per heavy atom. The summed E-state index contributed by atoms with van der Waals surface area (Å²) in [5, 5.41) is 4.32. The molecule has 0 atom stereocenters. The average molecular weight is 365 g/mol. The van der Waals surface area contributed by atoms with Crippen molar-refractivity contribution in [1.82, 2.24) is 14.7 Å². The van der Waals surface area contributed by atoms with Crippen molar-refractivity contribution < 1.29 is 13.9 Å². The third kappa shape index (κ3) is 3.56. The zero-order chi connectivity index (χ0) is 18.8. The van der Waals surface area contributed by atoms with Crippen molar-refractivity contribution in [2.45, 2.75) is 26.6 Å². The lowest BCUT2D eigenvalue weighted by atomic mass is 10.1. The Hall–Kier alpha value is -3.15. The first-order chi connectivity index (χ1) is 13.1. The molecule has 0 radical (unpaired) electrons. The number of para-hydroxylation sites is 1. The van der Waals surface area contributed by atoms with Crippen LogP contribution in [-0.2, 0) is 19.7 Å². The number of fused-ring (bicyclic) bond motifs is 1. The number of amides is 1. The molecule has 0 fully saturated rings. The van der Waals surface area contributed by atoms with Crippen molar-refractivity contribution in [1.29, 1.82) is 0 Å². The quantitative estimate of drug-likeness (QED) is 0.710. The molecular formula is C21H20FN3O2. The lowest BCUT2D eigenvalue weighted by molar-refractivity contribution is 0.0703. The van der Waals surface area contributed by atoms with E-state index in [4.69, 9.17) is 4.74 Å². The standard InChI is InChI=1S/C21H20FN3O2/c1-15-7-9-16(10-8-15)21(26)24-11-12-25-19(13-24)20(22)18(23-25)14-27-17-5-3-2-4-6-17/h2-10H,11-14H2,1H3. The van der Waals surface area contributed by atoms with Gasteiger partial charge in [0.2, 0.25) is 0 Å². The second kappa shape index (κ2) is 7.23. The fourth-order valence-electron chi connectivity index (χ4n) is 3.15. The number of aromatic nitrogens is 2. The van der Waals surface area contributed by atoms with Gasteiger partial charge in [0.05, 0.1) is 18.8 Å². The molecule has 27 heavy (non-hydrogen) atoms. The number of carbonyl (C=O) groups excluding carboxylic acids is 1. The second-order valence-corrected chi connectivity index (χ2v) is 6.62. The molecule has 0 saturated heterocycles. The Kier molecular flexibility index (Phi) is 4.62. The van der Waals surface area contributed by atoms with Gasteiger partial charge in [0.15, 0.2) is 5.82 Å². The third-order valence-electron chi connectivity index (χ3n) is 4.69. The number of nitrogens with zero attached hydrogens (tertiary/aromatic N) is 3. The molecule has 0 saturated carbocycles. The lowest BCUT2D eigenvalue weighted by Gasteiger charge is -2.27. The molecule has 1 aromatic heterocycles. The summed E-state index contributed by atoms with van der Waals surface area (Å²) in [4.78, 5) is 14.4. The van der Waals surface area contributed by atoms with Crippen molar-refractivity contribution in [3.63, 3.8) is 0 Å². The summed E-state index contributed by atoms with van der Waals surface area (Å²) in [5.74, 6) is 0.176. The molecule has 0 bridgehead atoms. The minimum Gasteiger partial charge on any atom is -0.487 e. The van der Waals surface area contributed by atoms with Crippen molar-refractivity contribution in [2.75, 3.05) is 6.54 Å². The summed E-state index contributed by atoms with van der Waals surface area (Å²) in [6.45, 7) is 3.20. The molecule has 0 N–H and O–H groups in total. The molecule has 1 amide bonds. The van der Waals surface area contributed by atoms with E-state index in [2.05, 4.69) is 5.10 Å². The first-order valence-corrected chi connectivity index (χ1v) is 8.89. The topological polar surface area (TPSA) is 47.4 Å². The van der Waals surface area contributed by atoms with E-state index >= 15 is 0 Å².